The number of hydrogen-bond acceptors (Lipinski definition) is 9. The maximum Gasteiger partial charge on any atom is 0.361 e. The van der Waals surface area contributed by atoms with Crippen LogP contribution < -0.4 is 15.2 Å². The minimum absolute atomic E-state index is 0. The van der Waals surface area contributed by atoms with Crippen molar-refractivity contribution in [2.45, 2.75) is 13.5 Å². The summed E-state index contributed by atoms with van der Waals surface area (Å²) in [5, 5.41) is 3.50. The number of halogens is 1. The van der Waals surface area contributed by atoms with Crippen LogP contribution in [0.15, 0.2) is 39.9 Å². The van der Waals surface area contributed by atoms with E-state index in [2.05, 4.69) is 15.0 Å². The smallest absolute Gasteiger partial charge is 0.361 e. The van der Waals surface area contributed by atoms with Gasteiger partial charge in [0.25, 0.3) is 11.3 Å². The highest BCUT2D eigenvalue weighted by atomic mass is 35.5. The Morgan fingerprint density at radius 1 is 1.12 bits per heavy atom. The highest BCUT2D eigenvalue weighted by Crippen LogP contribution is 2.20. The number of aromatic nitrogens is 3. The van der Waals surface area contributed by atoms with Crippen LogP contribution in [0.3, 0.4) is 0 Å². The van der Waals surface area contributed by atoms with Gasteiger partial charge in [0.05, 0.1) is 13.7 Å². The number of hydrogen-bond donors (Lipinski definition) is 0. The standard InChI is InChI=1S/C21H23N5O6.ClH/c1-3-31-21(29)18-17-19(32-23-18)22-13-26(20(17)28)12-16(27)25-10-8-24(9-11-25)14-4-6-15(30-2)7-5-14;/h4-7,13H,3,8-12H2,1-2H3;1H. The molecule has 0 saturated carbocycles. The van der Waals surface area contributed by atoms with Crippen molar-refractivity contribution in [2.75, 3.05) is 44.8 Å². The molecule has 1 aliphatic rings. The molecule has 0 bridgehead atoms. The van der Waals surface area contributed by atoms with Gasteiger partial charge >= 0.3 is 5.97 Å². The molecule has 0 unspecified atom stereocenters. The topological polar surface area (TPSA) is 120 Å². The maximum absolute atomic E-state index is 12.9. The molecule has 33 heavy (non-hydrogen) atoms. The first-order valence-corrected chi connectivity index (χ1v) is 10.2. The van der Waals surface area contributed by atoms with E-state index in [1.165, 1.54) is 6.33 Å². The number of rotatable bonds is 6. The van der Waals surface area contributed by atoms with Gasteiger partial charge in [-0.05, 0) is 31.2 Å². The zero-order valence-electron chi connectivity index (χ0n) is 18.2. The van der Waals surface area contributed by atoms with Crippen molar-refractivity contribution < 1.29 is 23.6 Å². The molecule has 176 valence electrons. The van der Waals surface area contributed by atoms with Crippen molar-refractivity contribution in [1.82, 2.24) is 19.6 Å². The lowest BCUT2D eigenvalue weighted by Crippen LogP contribution is -2.50. The number of methoxy groups -OCH3 is 1. The first-order valence-electron chi connectivity index (χ1n) is 10.2. The number of nitrogens with zero attached hydrogens (tertiary/aromatic N) is 5. The zero-order chi connectivity index (χ0) is 22.7. The monoisotopic (exact) mass is 477 g/mol. The SMILES string of the molecule is CCOC(=O)c1noc2ncn(CC(=O)N3CCN(c4ccc(OC)cc4)CC3)c(=O)c12.Cl. The second kappa shape index (κ2) is 10.3. The van der Waals surface area contributed by atoms with Gasteiger partial charge in [-0.3, -0.25) is 14.2 Å². The quantitative estimate of drug-likeness (QED) is 0.484. The molecule has 0 atom stereocenters. The van der Waals surface area contributed by atoms with Gasteiger partial charge in [-0.25, -0.2) is 9.78 Å². The highest BCUT2D eigenvalue weighted by Gasteiger charge is 2.25. The number of carbonyl (C=O) groups is 2. The van der Waals surface area contributed by atoms with Crippen LogP contribution in [0, 0.1) is 0 Å². The second-order valence-electron chi connectivity index (χ2n) is 7.18. The lowest BCUT2D eigenvalue weighted by molar-refractivity contribution is -0.132. The predicted molar refractivity (Wildman–Crippen MR) is 121 cm³/mol. The fourth-order valence-corrected chi connectivity index (χ4v) is 3.58. The van der Waals surface area contributed by atoms with Gasteiger partial charge in [-0.2, -0.15) is 0 Å². The molecule has 1 aromatic carbocycles. The van der Waals surface area contributed by atoms with Crippen LogP contribution in [-0.2, 0) is 16.1 Å². The summed E-state index contributed by atoms with van der Waals surface area (Å²) < 4.78 is 16.2. The number of carbonyl (C=O) groups excluding carboxylic acids is 2. The third kappa shape index (κ3) is 4.92. The lowest BCUT2D eigenvalue weighted by atomic mass is 10.2. The summed E-state index contributed by atoms with van der Waals surface area (Å²) in [6, 6.07) is 7.77. The van der Waals surface area contributed by atoms with Gasteiger partial charge in [0.1, 0.15) is 24.0 Å². The van der Waals surface area contributed by atoms with Crippen molar-refractivity contribution in [3.63, 3.8) is 0 Å². The van der Waals surface area contributed by atoms with Crippen LogP contribution in [0.4, 0.5) is 5.69 Å². The molecule has 4 rings (SSSR count). The van der Waals surface area contributed by atoms with Crippen molar-refractivity contribution >= 4 is 41.1 Å². The molecule has 1 amide bonds. The Bertz CT molecular complexity index is 1180. The summed E-state index contributed by atoms with van der Waals surface area (Å²) in [6.07, 6.45) is 1.22. The predicted octanol–water partition coefficient (Wildman–Crippen LogP) is 1.34. The average Bonchev–Trinajstić information content (AvgIpc) is 3.26. The second-order valence-corrected chi connectivity index (χ2v) is 7.18. The Morgan fingerprint density at radius 3 is 2.45 bits per heavy atom. The molecular weight excluding hydrogens is 454 g/mol. The molecule has 2 aromatic heterocycles. The Morgan fingerprint density at radius 2 is 1.82 bits per heavy atom. The normalized spacial score (nSPS) is 13.5. The molecule has 1 fully saturated rings. The van der Waals surface area contributed by atoms with Crippen molar-refractivity contribution in [2.24, 2.45) is 0 Å². The molecule has 1 saturated heterocycles. The van der Waals surface area contributed by atoms with Crippen molar-refractivity contribution in [3.05, 3.63) is 46.6 Å². The van der Waals surface area contributed by atoms with Gasteiger partial charge in [-0.1, -0.05) is 5.16 Å². The highest BCUT2D eigenvalue weighted by molar-refractivity contribution is 5.99. The maximum atomic E-state index is 12.9. The van der Waals surface area contributed by atoms with E-state index in [1.54, 1.807) is 18.9 Å². The fraction of sp³-hybridized carbons (Fsp3) is 0.381. The third-order valence-electron chi connectivity index (χ3n) is 5.31. The molecule has 12 heteroatoms. The van der Waals surface area contributed by atoms with Crippen molar-refractivity contribution in [3.8, 4) is 5.75 Å². The molecule has 3 aromatic rings. The Kier molecular flexibility index (Phi) is 7.54. The van der Waals surface area contributed by atoms with Crippen LogP contribution in [-0.4, -0.2) is 71.4 Å². The number of piperazine rings is 1. The molecule has 0 N–H and O–H groups in total. The number of anilines is 1. The fourth-order valence-electron chi connectivity index (χ4n) is 3.58. The van der Waals surface area contributed by atoms with Crippen LogP contribution in [0.5, 0.6) is 5.75 Å². The summed E-state index contributed by atoms with van der Waals surface area (Å²) in [4.78, 5) is 45.6. The summed E-state index contributed by atoms with van der Waals surface area (Å²) in [7, 11) is 1.62. The summed E-state index contributed by atoms with van der Waals surface area (Å²) in [6.45, 7) is 3.96. The Balaban J connectivity index is 0.00000306. The lowest BCUT2D eigenvalue weighted by Gasteiger charge is -2.36. The largest absolute Gasteiger partial charge is 0.497 e. The molecule has 1 aliphatic heterocycles. The molecule has 0 spiro atoms. The summed E-state index contributed by atoms with van der Waals surface area (Å²) in [5.41, 5.74) is 0.163. The Labute approximate surface area is 195 Å². The van der Waals surface area contributed by atoms with Crippen LogP contribution in [0.2, 0.25) is 0 Å². The van der Waals surface area contributed by atoms with Crippen molar-refractivity contribution in [1.29, 1.82) is 0 Å². The van der Waals surface area contributed by atoms with E-state index in [-0.39, 0.29) is 48.3 Å². The molecule has 0 radical (unpaired) electrons. The van der Waals surface area contributed by atoms with Crippen LogP contribution in [0.25, 0.3) is 11.1 Å². The minimum atomic E-state index is -0.774. The Hall–Kier alpha value is -3.60. The van der Waals surface area contributed by atoms with E-state index in [4.69, 9.17) is 14.0 Å². The number of esters is 1. The van der Waals surface area contributed by atoms with E-state index in [1.807, 2.05) is 24.3 Å². The summed E-state index contributed by atoms with van der Waals surface area (Å²) in [5.74, 6) is -0.196. The third-order valence-corrected chi connectivity index (χ3v) is 5.31. The molecule has 3 heterocycles. The number of amides is 1. The van der Waals surface area contributed by atoms with Gasteiger partial charge in [0.2, 0.25) is 11.6 Å². The number of ether oxygens (including phenoxy) is 2. The van der Waals surface area contributed by atoms with E-state index < -0.39 is 11.5 Å². The first-order chi connectivity index (χ1) is 15.5. The van der Waals surface area contributed by atoms with Crippen LogP contribution >= 0.6 is 12.4 Å². The van der Waals surface area contributed by atoms with Gasteiger partial charge in [-0.15, -0.1) is 12.4 Å². The van der Waals surface area contributed by atoms with E-state index in [0.29, 0.717) is 26.2 Å². The van der Waals surface area contributed by atoms with E-state index in [0.717, 1.165) is 16.0 Å². The number of fused-ring (bicyclic) bond motifs is 1. The van der Waals surface area contributed by atoms with E-state index >= 15 is 0 Å². The minimum Gasteiger partial charge on any atom is -0.497 e. The van der Waals surface area contributed by atoms with Gasteiger partial charge in [0, 0.05) is 31.9 Å². The molecular formula is C21H24ClN5O6. The van der Waals surface area contributed by atoms with Crippen LogP contribution in [0.1, 0.15) is 17.4 Å². The molecule has 0 aliphatic carbocycles. The average molecular weight is 478 g/mol. The number of benzene rings is 1. The first kappa shape index (κ1) is 24.1. The zero-order valence-corrected chi connectivity index (χ0v) is 19.0. The van der Waals surface area contributed by atoms with E-state index in [9.17, 15) is 14.4 Å². The summed E-state index contributed by atoms with van der Waals surface area (Å²) >= 11 is 0. The van der Waals surface area contributed by atoms with Gasteiger partial charge in [0.15, 0.2) is 0 Å². The molecule has 11 nitrogen and oxygen atoms in total. The van der Waals surface area contributed by atoms with Gasteiger partial charge < -0.3 is 23.8 Å².